The predicted octanol–water partition coefficient (Wildman–Crippen LogP) is 4.05. The third-order valence-electron chi connectivity index (χ3n) is 5.71. The largest absolute Gasteiger partial charge is 0.352 e. The molecule has 0 spiro atoms. The molecule has 2 amide bonds. The van der Waals surface area contributed by atoms with Gasteiger partial charge in [-0.3, -0.25) is 13.9 Å². The number of hydrogen-bond donors (Lipinski definition) is 1. The lowest BCUT2D eigenvalue weighted by atomic mass is 10.1. The zero-order valence-corrected chi connectivity index (χ0v) is 22.2. The Labute approximate surface area is 208 Å². The van der Waals surface area contributed by atoms with Crippen molar-refractivity contribution in [1.82, 2.24) is 10.2 Å². The molecule has 34 heavy (non-hydrogen) atoms. The Morgan fingerprint density at radius 1 is 1.09 bits per heavy atom. The lowest BCUT2D eigenvalue weighted by Crippen LogP contribution is -2.52. The molecule has 0 aliphatic carbocycles. The Bertz CT molecular complexity index is 1140. The molecule has 0 saturated carbocycles. The van der Waals surface area contributed by atoms with Crippen LogP contribution in [0.5, 0.6) is 0 Å². The zero-order valence-electron chi connectivity index (χ0n) is 20.6. The van der Waals surface area contributed by atoms with Crippen molar-refractivity contribution in [1.29, 1.82) is 0 Å². The van der Waals surface area contributed by atoms with Crippen molar-refractivity contribution in [2.45, 2.75) is 59.7 Å². The number of amides is 2. The number of anilines is 1. The zero-order chi connectivity index (χ0) is 25.6. The van der Waals surface area contributed by atoms with Gasteiger partial charge in [-0.15, -0.1) is 0 Å². The topological polar surface area (TPSA) is 86.8 Å². The molecule has 0 bridgehead atoms. The van der Waals surface area contributed by atoms with Crippen LogP contribution in [0.4, 0.5) is 5.69 Å². The van der Waals surface area contributed by atoms with E-state index in [9.17, 15) is 18.0 Å². The van der Waals surface area contributed by atoms with E-state index in [0.717, 1.165) is 28.1 Å². The molecular weight excluding hydrogens is 474 g/mol. The Morgan fingerprint density at radius 2 is 1.76 bits per heavy atom. The van der Waals surface area contributed by atoms with E-state index >= 15 is 0 Å². The second-order valence-electron chi connectivity index (χ2n) is 8.70. The van der Waals surface area contributed by atoms with Gasteiger partial charge in [0.2, 0.25) is 21.8 Å². The molecule has 0 saturated heterocycles. The van der Waals surface area contributed by atoms with E-state index in [2.05, 4.69) is 5.32 Å². The van der Waals surface area contributed by atoms with Crippen LogP contribution in [0, 0.1) is 13.8 Å². The number of halogens is 1. The molecule has 2 aromatic carbocycles. The summed E-state index contributed by atoms with van der Waals surface area (Å²) in [6, 6.07) is 11.6. The predicted molar refractivity (Wildman–Crippen MR) is 137 cm³/mol. The fourth-order valence-corrected chi connectivity index (χ4v) is 4.68. The van der Waals surface area contributed by atoms with Crippen molar-refractivity contribution in [3.63, 3.8) is 0 Å². The molecule has 0 aliphatic heterocycles. The third kappa shape index (κ3) is 7.46. The highest BCUT2D eigenvalue weighted by Gasteiger charge is 2.31. The Kier molecular flexibility index (Phi) is 9.53. The maximum atomic E-state index is 13.6. The quantitative estimate of drug-likeness (QED) is 0.525. The number of nitrogens with one attached hydrogen (secondary N) is 1. The monoisotopic (exact) mass is 507 g/mol. The normalized spacial score (nSPS) is 13.1. The van der Waals surface area contributed by atoms with Gasteiger partial charge in [-0.2, -0.15) is 0 Å². The first kappa shape index (κ1) is 27.7. The van der Waals surface area contributed by atoms with Gasteiger partial charge in [0.15, 0.2) is 0 Å². The van der Waals surface area contributed by atoms with Gasteiger partial charge >= 0.3 is 0 Å². The minimum Gasteiger partial charge on any atom is -0.352 e. The summed E-state index contributed by atoms with van der Waals surface area (Å²) in [5.41, 5.74) is 2.87. The fraction of sp³-hybridized carbons (Fsp3) is 0.440. The molecule has 0 fully saturated rings. The van der Waals surface area contributed by atoms with Crippen LogP contribution in [0.25, 0.3) is 0 Å². The van der Waals surface area contributed by atoms with Gasteiger partial charge < -0.3 is 10.2 Å². The minimum absolute atomic E-state index is 0.0462. The summed E-state index contributed by atoms with van der Waals surface area (Å²) >= 11 is 6.04. The van der Waals surface area contributed by atoms with Gasteiger partial charge in [-0.25, -0.2) is 8.42 Å². The molecule has 2 rings (SSSR count). The molecule has 7 nitrogen and oxygen atoms in total. The van der Waals surface area contributed by atoms with Crippen LogP contribution in [0.15, 0.2) is 42.5 Å². The Hall–Kier alpha value is -2.58. The van der Waals surface area contributed by atoms with E-state index in [4.69, 9.17) is 11.6 Å². The van der Waals surface area contributed by atoms with Crippen LogP contribution < -0.4 is 9.62 Å². The number of carbonyl (C=O) groups is 2. The summed E-state index contributed by atoms with van der Waals surface area (Å²) in [4.78, 5) is 27.9. The van der Waals surface area contributed by atoms with E-state index < -0.39 is 28.5 Å². The highest BCUT2D eigenvalue weighted by atomic mass is 35.5. The van der Waals surface area contributed by atoms with E-state index in [-0.39, 0.29) is 18.5 Å². The number of nitrogens with zero attached hydrogens (tertiary/aromatic N) is 2. The SMILES string of the molecule is CCC(C)NC(=O)C(C)N(Cc1cccc(C)c1)C(=O)CN(c1ccc(Cl)cc1C)S(C)(=O)=O. The Balaban J connectivity index is 2.42. The standard InChI is InChI=1S/C25H34ClN3O4S/c1-7-19(4)27-25(31)20(5)28(15-21-10-8-9-17(2)13-21)24(30)16-29(34(6,32)33)23-12-11-22(26)14-18(23)3/h8-14,19-20H,7,15-16H2,1-6H3,(H,27,31). The summed E-state index contributed by atoms with van der Waals surface area (Å²) in [7, 11) is -3.79. The lowest BCUT2D eigenvalue weighted by molar-refractivity contribution is -0.139. The van der Waals surface area contributed by atoms with Crippen molar-refractivity contribution in [3.05, 3.63) is 64.2 Å². The summed E-state index contributed by atoms with van der Waals surface area (Å²) in [5.74, 6) is -0.767. The van der Waals surface area contributed by atoms with Crippen LogP contribution in [0.3, 0.4) is 0 Å². The van der Waals surface area contributed by atoms with Crippen LogP contribution >= 0.6 is 11.6 Å². The first-order valence-corrected chi connectivity index (χ1v) is 13.4. The lowest BCUT2D eigenvalue weighted by Gasteiger charge is -2.32. The van der Waals surface area contributed by atoms with Crippen LogP contribution in [-0.2, 0) is 26.2 Å². The molecular formula is C25H34ClN3O4S. The van der Waals surface area contributed by atoms with Gasteiger partial charge in [0.25, 0.3) is 0 Å². The maximum Gasteiger partial charge on any atom is 0.244 e. The number of sulfonamides is 1. The molecule has 1 N–H and O–H groups in total. The average Bonchev–Trinajstić information content (AvgIpc) is 2.74. The molecule has 0 aromatic heterocycles. The van der Waals surface area contributed by atoms with Gasteiger partial charge in [0.05, 0.1) is 11.9 Å². The molecule has 2 atom stereocenters. The summed E-state index contributed by atoms with van der Waals surface area (Å²) < 4.78 is 26.4. The molecule has 0 aliphatic rings. The van der Waals surface area contributed by atoms with E-state index in [1.807, 2.05) is 45.0 Å². The van der Waals surface area contributed by atoms with Crippen molar-refractivity contribution < 1.29 is 18.0 Å². The summed E-state index contributed by atoms with van der Waals surface area (Å²) in [5, 5.41) is 3.38. The second-order valence-corrected chi connectivity index (χ2v) is 11.0. The van der Waals surface area contributed by atoms with Crippen molar-refractivity contribution >= 4 is 39.1 Å². The van der Waals surface area contributed by atoms with Crippen LogP contribution in [0.1, 0.15) is 43.9 Å². The van der Waals surface area contributed by atoms with Crippen LogP contribution in [-0.4, -0.2) is 50.0 Å². The molecule has 186 valence electrons. The van der Waals surface area contributed by atoms with Crippen molar-refractivity contribution in [2.75, 3.05) is 17.1 Å². The number of hydrogen-bond acceptors (Lipinski definition) is 4. The number of rotatable bonds is 10. The van der Waals surface area contributed by atoms with E-state index in [1.165, 1.54) is 4.90 Å². The van der Waals surface area contributed by atoms with Crippen LogP contribution in [0.2, 0.25) is 5.02 Å². The number of carbonyl (C=O) groups excluding carboxylic acids is 2. The molecule has 0 radical (unpaired) electrons. The summed E-state index contributed by atoms with van der Waals surface area (Å²) in [6.45, 7) is 8.93. The molecule has 2 aromatic rings. The second kappa shape index (κ2) is 11.7. The number of benzene rings is 2. The maximum absolute atomic E-state index is 13.6. The van der Waals surface area contributed by atoms with E-state index in [0.29, 0.717) is 16.3 Å². The van der Waals surface area contributed by atoms with Gasteiger partial charge in [0.1, 0.15) is 12.6 Å². The van der Waals surface area contributed by atoms with Crippen molar-refractivity contribution in [2.24, 2.45) is 0 Å². The number of aryl methyl sites for hydroxylation is 2. The summed E-state index contributed by atoms with van der Waals surface area (Å²) in [6.07, 6.45) is 1.81. The van der Waals surface area contributed by atoms with Crippen molar-refractivity contribution in [3.8, 4) is 0 Å². The molecule has 9 heteroatoms. The van der Waals surface area contributed by atoms with E-state index in [1.54, 1.807) is 32.0 Å². The van der Waals surface area contributed by atoms with Gasteiger partial charge in [0, 0.05) is 17.6 Å². The first-order chi connectivity index (χ1) is 15.8. The fourth-order valence-electron chi connectivity index (χ4n) is 3.55. The Morgan fingerprint density at radius 3 is 2.32 bits per heavy atom. The highest BCUT2D eigenvalue weighted by molar-refractivity contribution is 7.92. The average molecular weight is 508 g/mol. The molecule has 0 heterocycles. The smallest absolute Gasteiger partial charge is 0.244 e. The third-order valence-corrected chi connectivity index (χ3v) is 7.07. The molecule has 2 unspecified atom stereocenters. The highest BCUT2D eigenvalue weighted by Crippen LogP contribution is 2.26. The van der Waals surface area contributed by atoms with Gasteiger partial charge in [-0.05, 0) is 63.4 Å². The first-order valence-electron chi connectivity index (χ1n) is 11.2. The minimum atomic E-state index is -3.79. The van der Waals surface area contributed by atoms with Gasteiger partial charge in [-0.1, -0.05) is 48.4 Å².